The highest BCUT2D eigenvalue weighted by atomic mass is 19.1. The predicted octanol–water partition coefficient (Wildman–Crippen LogP) is 1.48. The summed E-state index contributed by atoms with van der Waals surface area (Å²) >= 11 is 0. The predicted molar refractivity (Wildman–Crippen MR) is 70.1 cm³/mol. The zero-order chi connectivity index (χ0) is 14.7. The molecule has 1 aromatic heterocycles. The molecule has 0 atom stereocenters. The highest BCUT2D eigenvalue weighted by molar-refractivity contribution is 5.94. The molecule has 0 fully saturated rings. The van der Waals surface area contributed by atoms with E-state index in [0.29, 0.717) is 18.3 Å². The fourth-order valence-electron chi connectivity index (χ4n) is 1.71. The number of nitrogens with two attached hydrogens (primary N) is 1. The third-order valence-electron chi connectivity index (χ3n) is 2.77. The van der Waals surface area contributed by atoms with E-state index in [9.17, 15) is 13.6 Å². The van der Waals surface area contributed by atoms with Gasteiger partial charge in [-0.15, -0.1) is 0 Å². The number of carbonyl (C=O) groups is 1. The highest BCUT2D eigenvalue weighted by Gasteiger charge is 2.14. The molecular formula is C13H14F2N4O. The molecule has 0 unspecified atom stereocenters. The van der Waals surface area contributed by atoms with Gasteiger partial charge in [0, 0.05) is 18.8 Å². The van der Waals surface area contributed by atoms with Crippen LogP contribution in [0.3, 0.4) is 0 Å². The summed E-state index contributed by atoms with van der Waals surface area (Å²) in [5.74, 6) is -2.15. The molecule has 0 aliphatic rings. The van der Waals surface area contributed by atoms with Gasteiger partial charge in [-0.1, -0.05) is 0 Å². The zero-order valence-corrected chi connectivity index (χ0v) is 10.9. The van der Waals surface area contributed by atoms with Crippen LogP contribution in [0.25, 0.3) is 0 Å². The first-order chi connectivity index (χ1) is 9.47. The largest absolute Gasteiger partial charge is 0.396 e. The molecule has 0 aliphatic carbocycles. The normalized spacial score (nSPS) is 10.6. The molecule has 3 N–H and O–H groups in total. The van der Waals surface area contributed by atoms with Gasteiger partial charge in [0.2, 0.25) is 0 Å². The fraction of sp³-hybridized carbons (Fsp3) is 0.231. The van der Waals surface area contributed by atoms with Crippen molar-refractivity contribution in [2.45, 2.75) is 13.5 Å². The number of carbonyl (C=O) groups excluding carboxylic acids is 1. The minimum absolute atomic E-state index is 0.177. The lowest BCUT2D eigenvalue weighted by Gasteiger charge is -2.07. The maximum Gasteiger partial charge on any atom is 0.254 e. The van der Waals surface area contributed by atoms with Crippen molar-refractivity contribution in [3.63, 3.8) is 0 Å². The molecule has 20 heavy (non-hydrogen) atoms. The molecule has 0 bridgehead atoms. The number of aryl methyl sites for hydroxylation is 1. The molecule has 7 heteroatoms. The molecule has 0 aliphatic heterocycles. The Labute approximate surface area is 114 Å². The van der Waals surface area contributed by atoms with Crippen LogP contribution in [0.5, 0.6) is 0 Å². The van der Waals surface area contributed by atoms with Gasteiger partial charge in [-0.25, -0.2) is 8.78 Å². The Kier molecular flexibility index (Phi) is 3.97. The van der Waals surface area contributed by atoms with Crippen LogP contribution in [0, 0.1) is 18.6 Å². The minimum atomic E-state index is -0.881. The van der Waals surface area contributed by atoms with Crippen molar-refractivity contribution in [3.05, 3.63) is 47.3 Å². The molecule has 5 nitrogen and oxygen atoms in total. The van der Waals surface area contributed by atoms with Gasteiger partial charge in [0.15, 0.2) is 0 Å². The lowest BCUT2D eigenvalue weighted by atomic mass is 10.1. The van der Waals surface area contributed by atoms with Gasteiger partial charge < -0.3 is 11.1 Å². The van der Waals surface area contributed by atoms with E-state index in [2.05, 4.69) is 10.4 Å². The fourth-order valence-corrected chi connectivity index (χ4v) is 1.71. The van der Waals surface area contributed by atoms with E-state index in [1.165, 1.54) is 19.2 Å². The minimum Gasteiger partial charge on any atom is -0.396 e. The number of benzene rings is 1. The first-order valence-electron chi connectivity index (χ1n) is 5.99. The molecule has 106 valence electrons. The molecule has 0 spiro atoms. The maximum absolute atomic E-state index is 13.5. The Balaban J connectivity index is 1.97. The maximum atomic E-state index is 13.5. The Morgan fingerprint density at radius 1 is 1.40 bits per heavy atom. The van der Waals surface area contributed by atoms with Gasteiger partial charge in [0.05, 0.1) is 24.0 Å². The van der Waals surface area contributed by atoms with Gasteiger partial charge in [0.1, 0.15) is 11.6 Å². The zero-order valence-electron chi connectivity index (χ0n) is 10.9. The first kappa shape index (κ1) is 14.0. The Morgan fingerprint density at radius 2 is 2.15 bits per heavy atom. The van der Waals surface area contributed by atoms with Crippen LogP contribution >= 0.6 is 0 Å². The average Bonchev–Trinajstić information content (AvgIpc) is 2.79. The second-order valence-corrected chi connectivity index (χ2v) is 4.37. The van der Waals surface area contributed by atoms with Crippen molar-refractivity contribution in [2.24, 2.45) is 0 Å². The van der Waals surface area contributed by atoms with Gasteiger partial charge >= 0.3 is 0 Å². The summed E-state index contributed by atoms with van der Waals surface area (Å²) in [5, 5.41) is 6.49. The number of hydrogen-bond donors (Lipinski definition) is 2. The van der Waals surface area contributed by atoms with Gasteiger partial charge in [-0.3, -0.25) is 9.48 Å². The summed E-state index contributed by atoms with van der Waals surface area (Å²) in [6.45, 7) is 2.14. The standard InChI is InChI=1S/C13H14F2N4O/c1-8-4-10(12(15)5-11(8)14)13(20)17-2-3-19-7-9(16)6-18-19/h4-7H,2-3,16H2,1H3,(H,17,20). The number of nitrogens with one attached hydrogen (secondary N) is 1. The third kappa shape index (κ3) is 3.11. The monoisotopic (exact) mass is 280 g/mol. The molecule has 0 saturated heterocycles. The third-order valence-corrected chi connectivity index (χ3v) is 2.77. The summed E-state index contributed by atoms with van der Waals surface area (Å²) in [6, 6.07) is 1.89. The van der Waals surface area contributed by atoms with Crippen molar-refractivity contribution in [2.75, 3.05) is 12.3 Å². The summed E-state index contributed by atoms with van der Waals surface area (Å²) in [6.07, 6.45) is 3.11. The second-order valence-electron chi connectivity index (χ2n) is 4.37. The molecule has 1 amide bonds. The van der Waals surface area contributed by atoms with Crippen LogP contribution < -0.4 is 11.1 Å². The average molecular weight is 280 g/mol. The molecule has 1 heterocycles. The molecular weight excluding hydrogens is 266 g/mol. The number of aromatic nitrogens is 2. The Bertz CT molecular complexity index is 639. The quantitative estimate of drug-likeness (QED) is 0.891. The van der Waals surface area contributed by atoms with Crippen LogP contribution in [0.4, 0.5) is 14.5 Å². The number of hydrogen-bond acceptors (Lipinski definition) is 3. The van der Waals surface area contributed by atoms with Crippen molar-refractivity contribution < 1.29 is 13.6 Å². The molecule has 2 rings (SSSR count). The Hall–Kier alpha value is -2.44. The molecule has 0 saturated carbocycles. The number of nitrogen functional groups attached to an aromatic ring is 1. The van der Waals surface area contributed by atoms with Crippen LogP contribution in [0.15, 0.2) is 24.5 Å². The summed E-state index contributed by atoms with van der Waals surface area (Å²) in [7, 11) is 0. The van der Waals surface area contributed by atoms with Crippen molar-refractivity contribution in [1.82, 2.24) is 15.1 Å². The highest BCUT2D eigenvalue weighted by Crippen LogP contribution is 2.14. The topological polar surface area (TPSA) is 72.9 Å². The van der Waals surface area contributed by atoms with Crippen molar-refractivity contribution >= 4 is 11.6 Å². The van der Waals surface area contributed by atoms with E-state index in [1.807, 2.05) is 0 Å². The Morgan fingerprint density at radius 3 is 2.80 bits per heavy atom. The number of halogens is 2. The van der Waals surface area contributed by atoms with E-state index in [-0.39, 0.29) is 17.7 Å². The summed E-state index contributed by atoms with van der Waals surface area (Å²) in [5.41, 5.74) is 6.06. The molecule has 2 aromatic rings. The van der Waals surface area contributed by atoms with Crippen LogP contribution in [0.1, 0.15) is 15.9 Å². The molecule has 1 aromatic carbocycles. The number of nitrogens with zero attached hydrogens (tertiary/aromatic N) is 2. The van der Waals surface area contributed by atoms with E-state index in [0.717, 1.165) is 0 Å². The first-order valence-corrected chi connectivity index (χ1v) is 5.99. The van der Waals surface area contributed by atoms with Gasteiger partial charge in [-0.05, 0) is 18.6 Å². The summed E-state index contributed by atoms with van der Waals surface area (Å²) < 4.78 is 28.2. The number of rotatable bonds is 4. The van der Waals surface area contributed by atoms with Crippen LogP contribution in [-0.4, -0.2) is 22.2 Å². The van der Waals surface area contributed by atoms with E-state index < -0.39 is 17.5 Å². The number of anilines is 1. The smallest absolute Gasteiger partial charge is 0.254 e. The van der Waals surface area contributed by atoms with Crippen molar-refractivity contribution in [3.8, 4) is 0 Å². The SMILES string of the molecule is Cc1cc(C(=O)NCCn2cc(N)cn2)c(F)cc1F. The summed E-state index contributed by atoms with van der Waals surface area (Å²) in [4.78, 5) is 11.8. The molecule has 0 radical (unpaired) electrons. The lowest BCUT2D eigenvalue weighted by molar-refractivity contribution is 0.0947. The van der Waals surface area contributed by atoms with E-state index >= 15 is 0 Å². The van der Waals surface area contributed by atoms with Gasteiger partial charge in [-0.2, -0.15) is 5.10 Å². The van der Waals surface area contributed by atoms with Crippen LogP contribution in [0.2, 0.25) is 0 Å². The number of amides is 1. The van der Waals surface area contributed by atoms with Crippen LogP contribution in [-0.2, 0) is 6.54 Å². The van der Waals surface area contributed by atoms with E-state index in [4.69, 9.17) is 5.73 Å². The van der Waals surface area contributed by atoms with Gasteiger partial charge in [0.25, 0.3) is 5.91 Å². The lowest BCUT2D eigenvalue weighted by Crippen LogP contribution is -2.28. The van der Waals surface area contributed by atoms with Crippen molar-refractivity contribution in [1.29, 1.82) is 0 Å². The second kappa shape index (κ2) is 5.68. The van der Waals surface area contributed by atoms with E-state index in [1.54, 1.807) is 10.9 Å².